The molecule has 0 fully saturated rings. The highest BCUT2D eigenvalue weighted by Gasteiger charge is 2.58. The molecule has 2 aliphatic heterocycles. The van der Waals surface area contributed by atoms with E-state index in [1.165, 1.54) is 0 Å². The Hall–Kier alpha value is -4.48. The predicted octanol–water partition coefficient (Wildman–Crippen LogP) is 5.64. The van der Waals surface area contributed by atoms with Crippen LogP contribution in [0.2, 0.25) is 0 Å². The molecule has 0 aliphatic carbocycles. The maximum atomic E-state index is 14.1. The Labute approximate surface area is 219 Å². The Morgan fingerprint density at radius 1 is 1.00 bits per heavy atom. The molecule has 8 heteroatoms. The van der Waals surface area contributed by atoms with E-state index in [2.05, 4.69) is 27.3 Å². The molecule has 37 heavy (non-hydrogen) atoms. The molecule has 178 valence electrons. The highest BCUT2D eigenvalue weighted by Crippen LogP contribution is 2.57. The number of hydrogen-bond donors (Lipinski definition) is 2. The van der Waals surface area contributed by atoms with Crippen LogP contribution in [0.1, 0.15) is 22.3 Å². The van der Waals surface area contributed by atoms with Gasteiger partial charge in [0.05, 0.1) is 22.1 Å². The van der Waals surface area contributed by atoms with E-state index in [-0.39, 0.29) is 17.4 Å². The summed E-state index contributed by atoms with van der Waals surface area (Å²) >= 11 is 3.54. The van der Waals surface area contributed by atoms with E-state index in [1.807, 2.05) is 68.4 Å². The highest BCUT2D eigenvalue weighted by atomic mass is 79.9. The third kappa shape index (κ3) is 2.67. The number of nitrogens with zero attached hydrogens (tertiary/aromatic N) is 3. The van der Waals surface area contributed by atoms with Crippen LogP contribution >= 0.6 is 15.9 Å². The van der Waals surface area contributed by atoms with Crippen LogP contribution in [0, 0.1) is 25.2 Å². The fourth-order valence-corrected chi connectivity index (χ4v) is 6.00. The number of anilines is 1. The molecule has 2 aliphatic rings. The van der Waals surface area contributed by atoms with Gasteiger partial charge in [0.15, 0.2) is 0 Å². The molecular formula is C29H18BrN5O2. The number of carbonyl (C=O) groups is 1. The van der Waals surface area contributed by atoms with Crippen LogP contribution in [-0.4, -0.2) is 15.9 Å². The molecular weight excluding hydrogens is 530 g/mol. The van der Waals surface area contributed by atoms with Gasteiger partial charge in [-0.15, -0.1) is 0 Å². The van der Waals surface area contributed by atoms with Crippen LogP contribution in [0.4, 0.5) is 5.69 Å². The minimum Gasteiger partial charge on any atom is -0.439 e. The summed E-state index contributed by atoms with van der Waals surface area (Å²) in [5.74, 6) is -0.0917. The second-order valence-corrected chi connectivity index (χ2v) is 10.4. The van der Waals surface area contributed by atoms with Gasteiger partial charge in [-0.05, 0) is 55.3 Å². The molecule has 0 radical (unpaired) electrons. The normalized spacial score (nSPS) is 18.2. The number of halogens is 1. The predicted molar refractivity (Wildman–Crippen MR) is 145 cm³/mol. The number of rotatable bonds is 0. The first kappa shape index (κ1) is 21.8. The van der Waals surface area contributed by atoms with Crippen LogP contribution in [0.5, 0.6) is 5.75 Å². The average Bonchev–Trinajstić information content (AvgIpc) is 3.15. The fourth-order valence-electron chi connectivity index (χ4n) is 5.64. The molecule has 1 aromatic heterocycles. The zero-order valence-corrected chi connectivity index (χ0v) is 21.4. The lowest BCUT2D eigenvalue weighted by Crippen LogP contribution is -2.42. The molecule has 3 N–H and O–H groups in total. The minimum absolute atomic E-state index is 0.0212. The molecule has 1 unspecified atom stereocenters. The number of benzene rings is 4. The molecule has 0 bridgehead atoms. The lowest BCUT2D eigenvalue weighted by molar-refractivity contribution is -0.118. The van der Waals surface area contributed by atoms with Gasteiger partial charge < -0.3 is 15.8 Å². The second-order valence-electron chi connectivity index (χ2n) is 9.44. The van der Waals surface area contributed by atoms with Gasteiger partial charge in [-0.2, -0.15) is 5.26 Å². The van der Waals surface area contributed by atoms with Crippen molar-refractivity contribution in [3.63, 3.8) is 0 Å². The van der Waals surface area contributed by atoms with E-state index in [0.29, 0.717) is 39.1 Å². The van der Waals surface area contributed by atoms with E-state index in [0.717, 1.165) is 31.9 Å². The van der Waals surface area contributed by atoms with E-state index in [9.17, 15) is 10.1 Å². The highest BCUT2D eigenvalue weighted by molar-refractivity contribution is 9.10. The smallest absolute Gasteiger partial charge is 0.245 e. The lowest BCUT2D eigenvalue weighted by atomic mass is 9.68. The van der Waals surface area contributed by atoms with Crippen molar-refractivity contribution in [1.29, 1.82) is 5.26 Å². The maximum Gasteiger partial charge on any atom is 0.245 e. The number of amides is 1. The van der Waals surface area contributed by atoms with Crippen molar-refractivity contribution in [3.8, 4) is 11.8 Å². The second kappa shape index (κ2) is 7.28. The zero-order valence-electron chi connectivity index (χ0n) is 19.8. The van der Waals surface area contributed by atoms with Crippen molar-refractivity contribution in [2.45, 2.75) is 19.3 Å². The number of aryl methyl sites for hydroxylation is 2. The summed E-state index contributed by atoms with van der Waals surface area (Å²) in [7, 11) is 0. The summed E-state index contributed by atoms with van der Waals surface area (Å²) in [6, 6.07) is 19.4. The minimum atomic E-state index is -1.56. The van der Waals surface area contributed by atoms with Crippen molar-refractivity contribution in [2.75, 3.05) is 5.32 Å². The van der Waals surface area contributed by atoms with Crippen molar-refractivity contribution in [1.82, 2.24) is 9.97 Å². The Balaban J connectivity index is 1.77. The lowest BCUT2D eigenvalue weighted by Gasteiger charge is -2.35. The van der Waals surface area contributed by atoms with Crippen LogP contribution < -0.4 is 15.8 Å². The Morgan fingerprint density at radius 3 is 2.38 bits per heavy atom. The Kier molecular flexibility index (Phi) is 4.28. The number of nitriles is 1. The Morgan fingerprint density at radius 2 is 1.68 bits per heavy atom. The van der Waals surface area contributed by atoms with E-state index >= 15 is 0 Å². The third-order valence-corrected chi connectivity index (χ3v) is 7.96. The van der Waals surface area contributed by atoms with Gasteiger partial charge in [0.25, 0.3) is 0 Å². The molecule has 5 aromatic rings. The van der Waals surface area contributed by atoms with E-state index in [1.54, 1.807) is 0 Å². The topological polar surface area (TPSA) is 114 Å². The standard InChI is InChI=1S/C29H18BrN5O2/c1-13-9-21-22(10-14(13)2)34-25-23-26(17-6-4-3-5-16(17)24(25)33-21)37-27(32)19(12-31)29(23)18-11-15(30)7-8-20(18)35-28(29)36/h3-11H,32H2,1-2H3,(H,35,36). The third-order valence-electron chi connectivity index (χ3n) is 7.47. The molecule has 0 saturated carbocycles. The number of nitrogens with two attached hydrogens (primary N) is 1. The molecule has 4 aromatic carbocycles. The average molecular weight is 548 g/mol. The van der Waals surface area contributed by atoms with Crippen LogP contribution in [0.3, 0.4) is 0 Å². The number of aromatic nitrogens is 2. The number of ether oxygens (including phenoxy) is 1. The van der Waals surface area contributed by atoms with E-state index < -0.39 is 5.41 Å². The Bertz CT molecular complexity index is 1970. The van der Waals surface area contributed by atoms with Crippen LogP contribution in [-0.2, 0) is 10.2 Å². The van der Waals surface area contributed by atoms with Gasteiger partial charge in [-0.25, -0.2) is 9.97 Å². The number of carbonyl (C=O) groups excluding carboxylic acids is 1. The van der Waals surface area contributed by atoms with Gasteiger partial charge in [-0.3, -0.25) is 4.79 Å². The summed E-state index contributed by atoms with van der Waals surface area (Å²) in [6.45, 7) is 4.06. The van der Waals surface area contributed by atoms with Gasteiger partial charge in [0, 0.05) is 32.1 Å². The molecule has 7 nitrogen and oxygen atoms in total. The summed E-state index contributed by atoms with van der Waals surface area (Å²) in [6.07, 6.45) is 0. The first-order chi connectivity index (χ1) is 17.8. The molecule has 1 spiro atoms. The largest absolute Gasteiger partial charge is 0.439 e. The van der Waals surface area contributed by atoms with Crippen molar-refractivity contribution in [3.05, 3.63) is 92.8 Å². The zero-order chi connectivity index (χ0) is 25.6. The first-order valence-corrected chi connectivity index (χ1v) is 12.5. The molecule has 1 amide bonds. The van der Waals surface area contributed by atoms with Crippen molar-refractivity contribution in [2.24, 2.45) is 5.73 Å². The van der Waals surface area contributed by atoms with Gasteiger partial charge in [0.2, 0.25) is 11.8 Å². The molecule has 3 heterocycles. The van der Waals surface area contributed by atoms with Gasteiger partial charge in [0.1, 0.15) is 22.8 Å². The summed E-state index contributed by atoms with van der Waals surface area (Å²) < 4.78 is 6.93. The molecule has 7 rings (SSSR count). The fraction of sp³-hybridized carbons (Fsp3) is 0.103. The monoisotopic (exact) mass is 547 g/mol. The number of hydrogen-bond acceptors (Lipinski definition) is 6. The maximum absolute atomic E-state index is 14.1. The number of fused-ring (bicyclic) bond motifs is 10. The van der Waals surface area contributed by atoms with Crippen LogP contribution in [0.25, 0.3) is 32.8 Å². The molecule has 1 atom stereocenters. The number of nitrogens with one attached hydrogen (secondary N) is 1. The van der Waals surface area contributed by atoms with Crippen molar-refractivity contribution >= 4 is 60.4 Å². The van der Waals surface area contributed by atoms with Crippen LogP contribution in [0.15, 0.2) is 70.5 Å². The molecule has 0 saturated heterocycles. The summed E-state index contributed by atoms with van der Waals surface area (Å²) in [5, 5.41) is 14.9. The SMILES string of the molecule is Cc1cc2nc3c4c(c5ccccc5c3nc2cc1C)OC(N)=C(C#N)C41C(=O)Nc2ccc(Br)cc21. The van der Waals surface area contributed by atoms with Gasteiger partial charge >= 0.3 is 0 Å². The van der Waals surface area contributed by atoms with Crippen molar-refractivity contribution < 1.29 is 9.53 Å². The van der Waals surface area contributed by atoms with Gasteiger partial charge in [-0.1, -0.05) is 40.2 Å². The summed E-state index contributed by atoms with van der Waals surface area (Å²) in [4.78, 5) is 24.2. The van der Waals surface area contributed by atoms with E-state index in [4.69, 9.17) is 20.4 Å². The first-order valence-electron chi connectivity index (χ1n) is 11.7. The summed E-state index contributed by atoms with van der Waals surface area (Å²) in [5.41, 5.74) is 11.3. The quantitative estimate of drug-likeness (QED) is 0.191.